The smallest absolute Gasteiger partial charge is 0.0934 e. The summed E-state index contributed by atoms with van der Waals surface area (Å²) in [7, 11) is 0. The third kappa shape index (κ3) is 7.55. The van der Waals surface area contributed by atoms with Gasteiger partial charge >= 0.3 is 0 Å². The first kappa shape index (κ1) is 32.0. The third-order valence-corrected chi connectivity index (χ3v) is 7.92. The van der Waals surface area contributed by atoms with Crippen molar-refractivity contribution in [2.75, 3.05) is 11.6 Å². The van der Waals surface area contributed by atoms with E-state index < -0.39 is 0 Å². The average Bonchev–Trinajstić information content (AvgIpc) is 3.63. The minimum absolute atomic E-state index is 0.451. The normalized spacial score (nSPS) is 10.9. The minimum atomic E-state index is 0.451. The number of rotatable bonds is 9. The lowest BCUT2D eigenvalue weighted by Gasteiger charge is -2.13. The van der Waals surface area contributed by atoms with Crippen molar-refractivity contribution in [2.24, 2.45) is 0 Å². The fraction of sp³-hybridized carbons (Fsp3) is 0.0233. The molecule has 5 heteroatoms. The van der Waals surface area contributed by atoms with Crippen molar-refractivity contribution in [3.05, 3.63) is 193 Å². The predicted molar refractivity (Wildman–Crippen MR) is 206 cm³/mol. The monoisotopic (exact) mass is 640 g/mol. The summed E-state index contributed by atoms with van der Waals surface area (Å²) in [6, 6.07) is 59.7. The molecule has 0 fully saturated rings. The van der Waals surface area contributed by atoms with Crippen molar-refractivity contribution in [1.29, 1.82) is 5.41 Å². The first-order chi connectivity index (χ1) is 23.7. The van der Waals surface area contributed by atoms with E-state index in [1.807, 2.05) is 83.6 Å². The van der Waals surface area contributed by atoms with E-state index in [-0.39, 0.29) is 0 Å². The van der Waals surface area contributed by atoms with Gasteiger partial charge in [0.1, 0.15) is 0 Å². The molecule has 7 aromatic rings. The molecule has 0 radical (unpaired) electrons. The highest BCUT2D eigenvalue weighted by atomic mass is 32.1. The van der Waals surface area contributed by atoms with Crippen molar-refractivity contribution < 1.29 is 0 Å². The summed E-state index contributed by atoms with van der Waals surface area (Å²) < 4.78 is 2.03. The maximum atomic E-state index is 8.69. The number of anilines is 1. The lowest BCUT2D eigenvalue weighted by Crippen LogP contribution is -2.03. The van der Waals surface area contributed by atoms with E-state index in [9.17, 15) is 0 Å². The summed E-state index contributed by atoms with van der Waals surface area (Å²) >= 11 is 3.53. The van der Waals surface area contributed by atoms with Crippen LogP contribution in [0.15, 0.2) is 182 Å². The first-order valence-corrected chi connectivity index (χ1v) is 16.7. The van der Waals surface area contributed by atoms with E-state index in [0.717, 1.165) is 61.8 Å². The molecule has 0 saturated carbocycles. The van der Waals surface area contributed by atoms with Gasteiger partial charge in [0.15, 0.2) is 0 Å². The number of aromatic nitrogens is 2. The van der Waals surface area contributed by atoms with Crippen LogP contribution >= 0.6 is 12.6 Å². The van der Waals surface area contributed by atoms with Gasteiger partial charge in [0.05, 0.1) is 22.8 Å². The van der Waals surface area contributed by atoms with Crippen LogP contribution in [0.4, 0.5) is 5.69 Å². The van der Waals surface area contributed by atoms with E-state index in [4.69, 9.17) is 10.5 Å². The summed E-state index contributed by atoms with van der Waals surface area (Å²) in [6.07, 6.45) is 3.58. The van der Waals surface area contributed by atoms with E-state index in [0.29, 0.717) is 5.71 Å². The van der Waals surface area contributed by atoms with Crippen molar-refractivity contribution in [3.63, 3.8) is 0 Å². The van der Waals surface area contributed by atoms with Gasteiger partial charge in [-0.2, -0.15) is 17.7 Å². The number of allylic oxidation sites excluding steroid dienone is 1. The maximum Gasteiger partial charge on any atom is 0.0934 e. The number of hydrogen-bond donors (Lipinski definition) is 3. The molecule has 48 heavy (non-hydrogen) atoms. The van der Waals surface area contributed by atoms with E-state index in [2.05, 4.69) is 121 Å². The van der Waals surface area contributed by atoms with E-state index in [1.165, 1.54) is 0 Å². The standard InChI is InChI=1S/C42H32N4.CH4S/c43-39(33-13-5-1-6-14-33)29-40(34-15-7-2-8-16-34)44-37-25-21-31(22-26-37)32-23-27-38(28-24-32)46-42(36-19-11-4-12-20-36)30-41(45-46)35-17-9-3-10-18-35;1-2/h1-30,43-44H;2H,1H3/b40-29-,43-39?;. The molecule has 0 saturated heterocycles. The molecular formula is C43H36N4S. The number of benzene rings is 6. The molecule has 0 unspecified atom stereocenters. The Bertz CT molecular complexity index is 2090. The van der Waals surface area contributed by atoms with Gasteiger partial charge in [0.2, 0.25) is 0 Å². The number of nitrogens with zero attached hydrogens (tertiary/aromatic N) is 2. The fourth-order valence-corrected chi connectivity index (χ4v) is 5.49. The number of hydrogen-bond acceptors (Lipinski definition) is 4. The summed E-state index contributed by atoms with van der Waals surface area (Å²) in [5, 5.41) is 17.3. The molecule has 0 aliphatic heterocycles. The Morgan fingerprint density at radius 2 is 1.04 bits per heavy atom. The van der Waals surface area contributed by atoms with Crippen LogP contribution in [0.3, 0.4) is 0 Å². The molecule has 0 atom stereocenters. The molecule has 0 aliphatic carbocycles. The van der Waals surface area contributed by atoms with Crippen LogP contribution < -0.4 is 5.32 Å². The molecule has 7 rings (SSSR count). The summed E-state index contributed by atoms with van der Waals surface area (Å²) in [5.41, 5.74) is 11.6. The molecular weight excluding hydrogens is 605 g/mol. The Morgan fingerprint density at radius 1 is 0.562 bits per heavy atom. The average molecular weight is 641 g/mol. The Hall–Kier alpha value is -5.91. The quantitative estimate of drug-likeness (QED) is 0.109. The molecule has 1 aromatic heterocycles. The molecule has 0 aliphatic rings. The fourth-order valence-electron chi connectivity index (χ4n) is 5.49. The Kier molecular flexibility index (Phi) is 10.4. The molecule has 234 valence electrons. The molecule has 4 nitrogen and oxygen atoms in total. The third-order valence-electron chi connectivity index (χ3n) is 7.92. The first-order valence-electron chi connectivity index (χ1n) is 15.8. The van der Waals surface area contributed by atoms with Crippen LogP contribution in [-0.2, 0) is 0 Å². The van der Waals surface area contributed by atoms with E-state index in [1.54, 1.807) is 6.26 Å². The van der Waals surface area contributed by atoms with E-state index >= 15 is 0 Å². The van der Waals surface area contributed by atoms with Crippen molar-refractivity contribution in [1.82, 2.24) is 9.78 Å². The molecule has 0 amide bonds. The number of nitrogens with one attached hydrogen (secondary N) is 2. The van der Waals surface area contributed by atoms with Crippen molar-refractivity contribution >= 4 is 29.7 Å². The summed E-state index contributed by atoms with van der Waals surface area (Å²) in [6.45, 7) is 0. The number of thiol groups is 1. The van der Waals surface area contributed by atoms with Crippen LogP contribution in [0, 0.1) is 5.41 Å². The highest BCUT2D eigenvalue weighted by Gasteiger charge is 2.13. The van der Waals surface area contributed by atoms with Gasteiger partial charge in [-0.05, 0) is 64.9 Å². The maximum absolute atomic E-state index is 8.69. The molecule has 0 bridgehead atoms. The summed E-state index contributed by atoms with van der Waals surface area (Å²) in [5.74, 6) is 0. The van der Waals surface area contributed by atoms with Gasteiger partial charge in [-0.25, -0.2) is 4.68 Å². The van der Waals surface area contributed by atoms with Crippen molar-refractivity contribution in [3.8, 4) is 39.3 Å². The Morgan fingerprint density at radius 3 is 1.60 bits per heavy atom. The largest absolute Gasteiger partial charge is 0.355 e. The topological polar surface area (TPSA) is 53.7 Å². The van der Waals surface area contributed by atoms with Crippen molar-refractivity contribution in [2.45, 2.75) is 0 Å². The van der Waals surface area contributed by atoms with Gasteiger partial charge in [-0.15, -0.1) is 0 Å². The second kappa shape index (κ2) is 15.6. The zero-order valence-corrected chi connectivity index (χ0v) is 27.6. The second-order valence-corrected chi connectivity index (χ2v) is 11.0. The van der Waals surface area contributed by atoms with Gasteiger partial charge < -0.3 is 10.7 Å². The predicted octanol–water partition coefficient (Wildman–Crippen LogP) is 10.9. The Labute approximate surface area is 288 Å². The van der Waals surface area contributed by atoms with Crippen LogP contribution in [0.5, 0.6) is 0 Å². The zero-order chi connectivity index (χ0) is 33.1. The second-order valence-electron chi connectivity index (χ2n) is 11.0. The highest BCUT2D eigenvalue weighted by molar-refractivity contribution is 7.79. The van der Waals surface area contributed by atoms with Gasteiger partial charge in [-0.3, -0.25) is 0 Å². The SMILES string of the molecule is CS.N=C(/C=C(\Nc1ccc(-c2ccc(-n3nc(-c4ccccc4)cc3-c3ccccc3)cc2)cc1)c1ccccc1)c1ccccc1. The lowest BCUT2D eigenvalue weighted by atomic mass is 10.0. The van der Waals surface area contributed by atoms with Gasteiger partial charge in [0, 0.05) is 22.5 Å². The van der Waals surface area contributed by atoms with Gasteiger partial charge in [-0.1, -0.05) is 146 Å². The van der Waals surface area contributed by atoms with Crippen LogP contribution in [0.2, 0.25) is 0 Å². The Balaban J connectivity index is 0.00000197. The minimum Gasteiger partial charge on any atom is -0.355 e. The molecule has 2 N–H and O–H groups in total. The van der Waals surface area contributed by atoms with Crippen LogP contribution in [0.1, 0.15) is 11.1 Å². The zero-order valence-electron chi connectivity index (χ0n) is 26.7. The summed E-state index contributed by atoms with van der Waals surface area (Å²) in [4.78, 5) is 0. The van der Waals surface area contributed by atoms with Crippen LogP contribution in [-0.4, -0.2) is 21.7 Å². The highest BCUT2D eigenvalue weighted by Crippen LogP contribution is 2.30. The van der Waals surface area contributed by atoms with Gasteiger partial charge in [0.25, 0.3) is 0 Å². The molecule has 6 aromatic carbocycles. The molecule has 1 heterocycles. The van der Waals surface area contributed by atoms with Crippen LogP contribution in [0.25, 0.3) is 45.0 Å². The molecule has 0 spiro atoms. The lowest BCUT2D eigenvalue weighted by molar-refractivity contribution is 0.892.